The highest BCUT2D eigenvalue weighted by atomic mass is 16.3. The summed E-state index contributed by atoms with van der Waals surface area (Å²) in [6, 6.07) is 13.0. The highest BCUT2D eigenvalue weighted by Gasteiger charge is 2.13. The molecule has 0 amide bonds. The van der Waals surface area contributed by atoms with Crippen LogP contribution in [-0.2, 0) is 12.0 Å². The quantitative estimate of drug-likeness (QED) is 0.876. The van der Waals surface area contributed by atoms with Gasteiger partial charge in [0.15, 0.2) is 0 Å². The minimum Gasteiger partial charge on any atom is -0.468 e. The number of hydrogen-bond donors (Lipinski definition) is 1. The van der Waals surface area contributed by atoms with Gasteiger partial charge in [0.25, 0.3) is 0 Å². The van der Waals surface area contributed by atoms with E-state index in [2.05, 4.69) is 57.3 Å². The first-order chi connectivity index (χ1) is 8.97. The van der Waals surface area contributed by atoms with E-state index in [1.165, 1.54) is 11.1 Å². The van der Waals surface area contributed by atoms with Crippen molar-refractivity contribution in [3.8, 4) is 0 Å². The van der Waals surface area contributed by atoms with Gasteiger partial charge in [0.2, 0.25) is 0 Å². The van der Waals surface area contributed by atoms with Crippen molar-refractivity contribution in [2.45, 2.75) is 45.7 Å². The number of furan rings is 1. The Kier molecular flexibility index (Phi) is 4.11. The molecule has 1 N–H and O–H groups in total. The molecule has 1 heterocycles. The Bertz CT molecular complexity index is 491. The van der Waals surface area contributed by atoms with Crippen LogP contribution in [0.5, 0.6) is 0 Å². The molecular weight excluding hydrogens is 234 g/mol. The van der Waals surface area contributed by atoms with E-state index in [-0.39, 0.29) is 11.5 Å². The number of rotatable bonds is 4. The molecule has 2 heteroatoms. The summed E-state index contributed by atoms with van der Waals surface area (Å²) in [5, 5.41) is 3.47. The first-order valence-corrected chi connectivity index (χ1v) is 6.83. The molecule has 0 saturated heterocycles. The van der Waals surface area contributed by atoms with Crippen LogP contribution < -0.4 is 5.32 Å². The van der Waals surface area contributed by atoms with E-state index in [0.29, 0.717) is 0 Å². The van der Waals surface area contributed by atoms with E-state index in [1.54, 1.807) is 6.26 Å². The second-order valence-electron chi connectivity index (χ2n) is 6.06. The molecule has 0 fully saturated rings. The van der Waals surface area contributed by atoms with E-state index >= 15 is 0 Å². The van der Waals surface area contributed by atoms with E-state index in [9.17, 15) is 0 Å². The lowest BCUT2D eigenvalue weighted by Gasteiger charge is -2.19. The molecule has 0 unspecified atom stereocenters. The average molecular weight is 257 g/mol. The van der Waals surface area contributed by atoms with Crippen LogP contribution in [-0.4, -0.2) is 0 Å². The van der Waals surface area contributed by atoms with E-state index in [1.807, 2.05) is 12.1 Å². The summed E-state index contributed by atoms with van der Waals surface area (Å²) < 4.78 is 5.39. The molecule has 0 saturated carbocycles. The van der Waals surface area contributed by atoms with Crippen LogP contribution in [0.4, 0.5) is 0 Å². The van der Waals surface area contributed by atoms with Crippen molar-refractivity contribution >= 4 is 0 Å². The van der Waals surface area contributed by atoms with Crippen molar-refractivity contribution in [1.29, 1.82) is 0 Å². The maximum atomic E-state index is 5.39. The van der Waals surface area contributed by atoms with Crippen molar-refractivity contribution in [2.75, 3.05) is 0 Å². The average Bonchev–Trinajstić information content (AvgIpc) is 2.89. The standard InChI is InChI=1S/C17H23NO/c1-13(16-6-5-11-19-16)18-12-14-7-9-15(10-8-14)17(2,3)4/h5-11,13,18H,12H2,1-4H3/t13-/m1/s1. The Balaban J connectivity index is 1.93. The minimum atomic E-state index is 0.216. The SMILES string of the molecule is C[C@@H](NCc1ccc(C(C)(C)C)cc1)c1ccco1. The minimum absolute atomic E-state index is 0.216. The molecule has 0 aliphatic carbocycles. The second kappa shape index (κ2) is 5.62. The summed E-state index contributed by atoms with van der Waals surface area (Å²) in [5.41, 5.74) is 2.88. The molecule has 19 heavy (non-hydrogen) atoms. The molecular formula is C17H23NO. The first kappa shape index (κ1) is 13.9. The molecule has 0 radical (unpaired) electrons. The van der Waals surface area contributed by atoms with Crippen LogP contribution in [0, 0.1) is 0 Å². The molecule has 2 nitrogen and oxygen atoms in total. The third kappa shape index (κ3) is 3.71. The molecule has 0 aliphatic rings. The summed E-state index contributed by atoms with van der Waals surface area (Å²) in [4.78, 5) is 0. The van der Waals surface area contributed by atoms with Crippen LogP contribution >= 0.6 is 0 Å². The van der Waals surface area contributed by atoms with Gasteiger partial charge in [0.1, 0.15) is 5.76 Å². The van der Waals surface area contributed by atoms with Gasteiger partial charge in [-0.15, -0.1) is 0 Å². The largest absolute Gasteiger partial charge is 0.468 e. The third-order valence-corrected chi connectivity index (χ3v) is 3.40. The zero-order valence-corrected chi connectivity index (χ0v) is 12.2. The van der Waals surface area contributed by atoms with Gasteiger partial charge in [0, 0.05) is 6.54 Å². The van der Waals surface area contributed by atoms with Gasteiger partial charge >= 0.3 is 0 Å². The monoisotopic (exact) mass is 257 g/mol. The van der Waals surface area contributed by atoms with Crippen LogP contribution in [0.2, 0.25) is 0 Å². The topological polar surface area (TPSA) is 25.2 Å². The normalized spacial score (nSPS) is 13.5. The van der Waals surface area contributed by atoms with Gasteiger partial charge in [-0.25, -0.2) is 0 Å². The Labute approximate surface area is 115 Å². The first-order valence-electron chi connectivity index (χ1n) is 6.83. The van der Waals surface area contributed by atoms with Gasteiger partial charge in [0.05, 0.1) is 12.3 Å². The summed E-state index contributed by atoms with van der Waals surface area (Å²) in [6.45, 7) is 9.67. The molecule has 0 bridgehead atoms. The lowest BCUT2D eigenvalue weighted by atomic mass is 9.87. The fourth-order valence-corrected chi connectivity index (χ4v) is 2.03. The third-order valence-electron chi connectivity index (χ3n) is 3.40. The van der Waals surface area contributed by atoms with Gasteiger partial charge in [-0.1, -0.05) is 45.0 Å². The molecule has 1 aromatic carbocycles. The van der Waals surface area contributed by atoms with Crippen molar-refractivity contribution in [3.63, 3.8) is 0 Å². The van der Waals surface area contributed by atoms with E-state index in [4.69, 9.17) is 4.42 Å². The highest BCUT2D eigenvalue weighted by Crippen LogP contribution is 2.22. The zero-order chi connectivity index (χ0) is 13.9. The Morgan fingerprint density at radius 1 is 1.11 bits per heavy atom. The lowest BCUT2D eigenvalue weighted by Crippen LogP contribution is -2.18. The number of benzene rings is 1. The van der Waals surface area contributed by atoms with Gasteiger partial charge < -0.3 is 9.73 Å². The van der Waals surface area contributed by atoms with Crippen LogP contribution in [0.15, 0.2) is 47.1 Å². The number of nitrogens with one attached hydrogen (secondary N) is 1. The van der Waals surface area contributed by atoms with Crippen molar-refractivity contribution in [3.05, 3.63) is 59.5 Å². The molecule has 1 aromatic heterocycles. The summed E-state index contributed by atoms with van der Waals surface area (Å²) in [6.07, 6.45) is 1.71. The summed E-state index contributed by atoms with van der Waals surface area (Å²) in [7, 11) is 0. The molecule has 102 valence electrons. The number of hydrogen-bond acceptors (Lipinski definition) is 2. The Hall–Kier alpha value is -1.54. The predicted molar refractivity (Wildman–Crippen MR) is 79.1 cm³/mol. The summed E-state index contributed by atoms with van der Waals surface area (Å²) >= 11 is 0. The van der Waals surface area contributed by atoms with E-state index < -0.39 is 0 Å². The zero-order valence-electron chi connectivity index (χ0n) is 12.2. The van der Waals surface area contributed by atoms with Crippen molar-refractivity contribution in [1.82, 2.24) is 5.32 Å². The van der Waals surface area contributed by atoms with Gasteiger partial charge in [-0.2, -0.15) is 0 Å². The summed E-state index contributed by atoms with van der Waals surface area (Å²) in [5.74, 6) is 0.978. The van der Waals surface area contributed by atoms with E-state index in [0.717, 1.165) is 12.3 Å². The Morgan fingerprint density at radius 2 is 1.79 bits per heavy atom. The predicted octanol–water partition coefficient (Wildman–Crippen LogP) is 4.43. The maximum Gasteiger partial charge on any atom is 0.120 e. The van der Waals surface area contributed by atoms with Crippen LogP contribution in [0.3, 0.4) is 0 Å². The maximum absolute atomic E-state index is 5.39. The van der Waals surface area contributed by atoms with Gasteiger partial charge in [-0.05, 0) is 35.6 Å². The fourth-order valence-electron chi connectivity index (χ4n) is 2.03. The van der Waals surface area contributed by atoms with Crippen LogP contribution in [0.1, 0.15) is 50.6 Å². The molecule has 0 spiro atoms. The smallest absolute Gasteiger partial charge is 0.120 e. The molecule has 1 atom stereocenters. The Morgan fingerprint density at radius 3 is 2.32 bits per heavy atom. The second-order valence-corrected chi connectivity index (χ2v) is 6.06. The molecule has 2 rings (SSSR count). The highest BCUT2D eigenvalue weighted by molar-refractivity contribution is 5.27. The van der Waals surface area contributed by atoms with Crippen LogP contribution in [0.25, 0.3) is 0 Å². The molecule has 0 aliphatic heterocycles. The van der Waals surface area contributed by atoms with Gasteiger partial charge in [-0.3, -0.25) is 0 Å². The lowest BCUT2D eigenvalue weighted by molar-refractivity contribution is 0.430. The van der Waals surface area contributed by atoms with Crippen molar-refractivity contribution < 1.29 is 4.42 Å². The van der Waals surface area contributed by atoms with Crippen molar-refractivity contribution in [2.24, 2.45) is 0 Å². The molecule has 2 aromatic rings. The fraction of sp³-hybridized carbons (Fsp3) is 0.412.